The average molecular weight is 378 g/mol. The minimum Gasteiger partial charge on any atom is -0.349 e. The lowest BCUT2D eigenvalue weighted by atomic mass is 10.1. The first kappa shape index (κ1) is 17.7. The summed E-state index contributed by atoms with van der Waals surface area (Å²) in [6.45, 7) is 0.349. The quantitative estimate of drug-likeness (QED) is 0.619. The van der Waals surface area contributed by atoms with Crippen molar-refractivity contribution < 1.29 is 14.4 Å². The summed E-state index contributed by atoms with van der Waals surface area (Å²) in [7, 11) is 0. The van der Waals surface area contributed by atoms with Gasteiger partial charge in [-0.05, 0) is 17.7 Å². The molecule has 0 bridgehead atoms. The molecule has 3 aromatic rings. The predicted molar refractivity (Wildman–Crippen MR) is 98.8 cm³/mol. The number of benzene rings is 1. The van der Waals surface area contributed by atoms with Crippen LogP contribution in [0.3, 0.4) is 0 Å². The van der Waals surface area contributed by atoms with Crippen molar-refractivity contribution in [2.24, 2.45) is 0 Å². The van der Waals surface area contributed by atoms with Crippen LogP contribution in [0.4, 0.5) is 4.79 Å². The van der Waals surface area contributed by atoms with Crippen molar-refractivity contribution in [3.8, 4) is 0 Å². The molecule has 4 amide bonds. The second kappa shape index (κ2) is 7.47. The summed E-state index contributed by atoms with van der Waals surface area (Å²) in [5, 5.41) is 13.3. The molecule has 9 heteroatoms. The summed E-state index contributed by atoms with van der Waals surface area (Å²) < 4.78 is 1.77. The van der Waals surface area contributed by atoms with Crippen LogP contribution >= 0.6 is 0 Å². The molecule has 1 aliphatic heterocycles. The minimum atomic E-state index is -0.869. The summed E-state index contributed by atoms with van der Waals surface area (Å²) in [6.07, 6.45) is 1.67. The monoisotopic (exact) mass is 378 g/mol. The second-order valence-electron chi connectivity index (χ2n) is 6.44. The van der Waals surface area contributed by atoms with Gasteiger partial charge in [-0.3, -0.25) is 18.9 Å². The van der Waals surface area contributed by atoms with E-state index in [9.17, 15) is 14.4 Å². The zero-order chi connectivity index (χ0) is 19.5. The summed E-state index contributed by atoms with van der Waals surface area (Å²) in [5.41, 5.74) is 1.52. The van der Waals surface area contributed by atoms with Crippen LogP contribution in [-0.4, -0.2) is 43.4 Å². The van der Waals surface area contributed by atoms with Gasteiger partial charge in [0.05, 0.1) is 19.5 Å². The summed E-state index contributed by atoms with van der Waals surface area (Å²) in [5.74, 6) is -0.179. The molecule has 0 aliphatic carbocycles. The van der Waals surface area contributed by atoms with E-state index in [-0.39, 0.29) is 25.4 Å². The van der Waals surface area contributed by atoms with Crippen LogP contribution in [0, 0.1) is 0 Å². The first-order valence-corrected chi connectivity index (χ1v) is 8.83. The molecule has 2 N–H and O–H groups in total. The van der Waals surface area contributed by atoms with Crippen LogP contribution in [0.2, 0.25) is 0 Å². The first-order chi connectivity index (χ1) is 13.6. The third kappa shape index (κ3) is 3.54. The van der Waals surface area contributed by atoms with Crippen molar-refractivity contribution in [1.82, 2.24) is 30.1 Å². The molecule has 9 nitrogen and oxygen atoms in total. The summed E-state index contributed by atoms with van der Waals surface area (Å²) in [6, 6.07) is 13.4. The lowest BCUT2D eigenvalue weighted by Crippen LogP contribution is -2.36. The van der Waals surface area contributed by atoms with E-state index >= 15 is 0 Å². The van der Waals surface area contributed by atoms with Gasteiger partial charge < -0.3 is 10.6 Å². The highest BCUT2D eigenvalue weighted by Gasteiger charge is 2.38. The zero-order valence-electron chi connectivity index (χ0n) is 14.9. The fourth-order valence-corrected chi connectivity index (χ4v) is 3.08. The Balaban J connectivity index is 1.34. The maximum absolute atomic E-state index is 12.5. The normalized spacial score (nSPS) is 16.4. The standard InChI is InChI=1S/C19H18N6O3/c26-17(20-11-16-23-22-15-8-4-5-9-24(15)16)10-14-18(27)25(19(28)21-14)12-13-6-2-1-3-7-13/h1-9,14H,10-12H2,(H,20,26)(H,21,28)/t14-/m1/s1. The zero-order valence-corrected chi connectivity index (χ0v) is 14.9. The van der Waals surface area contributed by atoms with Crippen LogP contribution in [0.5, 0.6) is 0 Å². The van der Waals surface area contributed by atoms with Crippen LogP contribution in [0.1, 0.15) is 17.8 Å². The second-order valence-corrected chi connectivity index (χ2v) is 6.44. The molecular weight excluding hydrogens is 360 g/mol. The largest absolute Gasteiger partial charge is 0.349 e. The molecule has 0 radical (unpaired) electrons. The molecule has 0 unspecified atom stereocenters. The van der Waals surface area contributed by atoms with Crippen LogP contribution in [0.25, 0.3) is 5.65 Å². The van der Waals surface area contributed by atoms with Crippen LogP contribution in [-0.2, 0) is 22.7 Å². The Morgan fingerprint density at radius 3 is 2.68 bits per heavy atom. The maximum atomic E-state index is 12.5. The highest BCUT2D eigenvalue weighted by atomic mass is 16.2. The average Bonchev–Trinajstić information content (AvgIpc) is 3.23. The third-order valence-electron chi connectivity index (χ3n) is 4.51. The van der Waals surface area contributed by atoms with Crippen molar-refractivity contribution in [1.29, 1.82) is 0 Å². The van der Waals surface area contributed by atoms with Gasteiger partial charge in [0, 0.05) is 6.20 Å². The van der Waals surface area contributed by atoms with E-state index in [0.29, 0.717) is 11.5 Å². The Hall–Kier alpha value is -3.75. The first-order valence-electron chi connectivity index (χ1n) is 8.83. The van der Waals surface area contributed by atoms with E-state index in [2.05, 4.69) is 20.8 Å². The van der Waals surface area contributed by atoms with E-state index < -0.39 is 18.0 Å². The molecule has 4 rings (SSSR count). The Morgan fingerprint density at radius 2 is 1.86 bits per heavy atom. The number of fused-ring (bicyclic) bond motifs is 1. The van der Waals surface area contributed by atoms with Crippen molar-refractivity contribution in [3.63, 3.8) is 0 Å². The molecule has 1 aromatic carbocycles. The van der Waals surface area contributed by atoms with Gasteiger partial charge in [-0.15, -0.1) is 10.2 Å². The SMILES string of the molecule is O=C(C[C@H]1NC(=O)N(Cc2ccccc2)C1=O)NCc1nnc2ccccn12. The number of imide groups is 1. The van der Waals surface area contributed by atoms with E-state index in [1.165, 1.54) is 0 Å². The molecule has 3 heterocycles. The Morgan fingerprint density at radius 1 is 1.07 bits per heavy atom. The van der Waals surface area contributed by atoms with Gasteiger partial charge in [0.25, 0.3) is 5.91 Å². The Labute approximate surface area is 160 Å². The van der Waals surface area contributed by atoms with Gasteiger partial charge in [-0.2, -0.15) is 0 Å². The smallest absolute Gasteiger partial charge is 0.325 e. The van der Waals surface area contributed by atoms with Crippen molar-refractivity contribution in [2.75, 3.05) is 0 Å². The molecule has 0 spiro atoms. The number of carbonyl (C=O) groups excluding carboxylic acids is 3. The number of urea groups is 1. The highest BCUT2D eigenvalue weighted by molar-refractivity contribution is 6.05. The third-order valence-corrected chi connectivity index (χ3v) is 4.51. The predicted octanol–water partition coefficient (Wildman–Crippen LogP) is 0.856. The molecule has 142 valence electrons. The maximum Gasteiger partial charge on any atom is 0.325 e. The number of amides is 4. The number of aromatic nitrogens is 3. The number of pyridine rings is 1. The fourth-order valence-electron chi connectivity index (χ4n) is 3.08. The highest BCUT2D eigenvalue weighted by Crippen LogP contribution is 2.14. The topological polar surface area (TPSA) is 109 Å². The molecule has 1 aliphatic rings. The molecule has 28 heavy (non-hydrogen) atoms. The van der Waals surface area contributed by atoms with Crippen LogP contribution in [0.15, 0.2) is 54.7 Å². The summed E-state index contributed by atoms with van der Waals surface area (Å²) >= 11 is 0. The summed E-state index contributed by atoms with van der Waals surface area (Å²) in [4.78, 5) is 38.0. The van der Waals surface area contributed by atoms with Gasteiger partial charge in [0.1, 0.15) is 6.04 Å². The number of hydrogen-bond donors (Lipinski definition) is 2. The van der Waals surface area contributed by atoms with Gasteiger partial charge in [-0.25, -0.2) is 4.79 Å². The number of rotatable bonds is 6. The molecule has 1 fully saturated rings. The van der Waals surface area contributed by atoms with Crippen LogP contribution < -0.4 is 10.6 Å². The van der Waals surface area contributed by atoms with E-state index in [0.717, 1.165) is 10.5 Å². The van der Waals surface area contributed by atoms with E-state index in [1.54, 1.807) is 10.6 Å². The van der Waals surface area contributed by atoms with Crippen molar-refractivity contribution in [2.45, 2.75) is 25.6 Å². The lowest BCUT2D eigenvalue weighted by Gasteiger charge is -2.13. The number of nitrogens with zero attached hydrogens (tertiary/aromatic N) is 4. The number of hydrogen-bond acceptors (Lipinski definition) is 5. The Bertz CT molecular complexity index is 1030. The van der Waals surface area contributed by atoms with Gasteiger partial charge in [0.15, 0.2) is 11.5 Å². The molecule has 2 aromatic heterocycles. The lowest BCUT2D eigenvalue weighted by molar-refractivity contribution is -0.131. The van der Waals surface area contributed by atoms with Gasteiger partial charge >= 0.3 is 6.03 Å². The van der Waals surface area contributed by atoms with E-state index in [1.807, 2.05) is 48.5 Å². The number of carbonyl (C=O) groups is 3. The van der Waals surface area contributed by atoms with Crippen molar-refractivity contribution >= 4 is 23.5 Å². The molecule has 1 saturated heterocycles. The van der Waals surface area contributed by atoms with Crippen molar-refractivity contribution in [3.05, 3.63) is 66.1 Å². The molecule has 1 atom stereocenters. The fraction of sp³-hybridized carbons (Fsp3) is 0.211. The van der Waals surface area contributed by atoms with E-state index in [4.69, 9.17) is 0 Å². The minimum absolute atomic E-state index is 0.132. The molecule has 0 saturated carbocycles. The number of nitrogens with one attached hydrogen (secondary N) is 2. The Kier molecular flexibility index (Phi) is 4.71. The molecular formula is C19H18N6O3. The van der Waals surface area contributed by atoms with Gasteiger partial charge in [-0.1, -0.05) is 36.4 Å². The van der Waals surface area contributed by atoms with Gasteiger partial charge in [0.2, 0.25) is 5.91 Å².